The number of benzene rings is 2. The van der Waals surface area contributed by atoms with Crippen LogP contribution < -0.4 is 10.1 Å². The first-order valence-corrected chi connectivity index (χ1v) is 14.6. The minimum atomic E-state index is -1.17. The molecule has 0 saturated carbocycles. The van der Waals surface area contributed by atoms with Crippen LogP contribution in [0.1, 0.15) is 83.5 Å². The monoisotopic (exact) mass is 568 g/mol. The first-order valence-electron chi connectivity index (χ1n) is 14.6. The Balaban J connectivity index is 1.84. The van der Waals surface area contributed by atoms with Crippen LogP contribution in [-0.2, 0) is 26.3 Å². The van der Waals surface area contributed by atoms with Crippen LogP contribution in [0.15, 0.2) is 42.5 Å². The molecule has 7 nitrogen and oxygen atoms in total. The second kappa shape index (κ2) is 12.1. The first-order chi connectivity index (χ1) is 19.3. The van der Waals surface area contributed by atoms with Gasteiger partial charge in [0.25, 0.3) is 5.91 Å². The van der Waals surface area contributed by atoms with Gasteiger partial charge < -0.3 is 24.8 Å². The molecule has 0 unspecified atom stereocenters. The number of carbonyl (C=O) groups excluding carboxylic acids is 1. The van der Waals surface area contributed by atoms with Crippen LogP contribution in [0.4, 0.5) is 4.39 Å². The molecule has 4 rings (SSSR count). The van der Waals surface area contributed by atoms with E-state index in [4.69, 9.17) is 9.47 Å². The number of hydrogen-bond acceptors (Lipinski definition) is 5. The zero-order valence-corrected chi connectivity index (χ0v) is 25.4. The average molecular weight is 569 g/mol. The standard InChI is InChI=1S/C33H45FN2O5/c1-32(2,3)21-15-16-24(40-7)20(18-21)19-35-27-26(33(4,5)6)29(31(38)39)36(30(37)25-14-10-11-17-41-25)28(27)22-12-8-9-13-23(22)34/h8-9,12-13,15-16,18,25-29,35H,10-11,14,17,19H2,1-7H3,(H,38,39)/t25-,26+,27+,28+,29+/m1/s1. The number of likely N-dealkylation sites (tertiary alicyclic amines) is 1. The number of ether oxygens (including phenoxy) is 2. The molecule has 2 aliphatic heterocycles. The SMILES string of the molecule is COc1ccc(C(C)(C)C)cc1CN[C@H]1[C@H](C(C)(C)C)[C@@H](C(=O)O)N(C(=O)[C@H]2CCCCO2)[C@H]1c1ccccc1F. The van der Waals surface area contributed by atoms with Gasteiger partial charge in [0.05, 0.1) is 13.2 Å². The molecule has 0 radical (unpaired) electrons. The summed E-state index contributed by atoms with van der Waals surface area (Å²) in [4.78, 5) is 28.6. The Hall–Kier alpha value is -2.97. The summed E-state index contributed by atoms with van der Waals surface area (Å²) in [5, 5.41) is 14.2. The topological polar surface area (TPSA) is 88.1 Å². The predicted molar refractivity (Wildman–Crippen MR) is 156 cm³/mol. The molecule has 1 amide bonds. The summed E-state index contributed by atoms with van der Waals surface area (Å²) in [7, 11) is 1.62. The van der Waals surface area contributed by atoms with E-state index >= 15 is 4.39 Å². The molecule has 2 aromatic rings. The smallest absolute Gasteiger partial charge is 0.326 e. The fourth-order valence-corrected chi connectivity index (χ4v) is 6.48. The number of nitrogens with one attached hydrogen (secondary N) is 1. The summed E-state index contributed by atoms with van der Waals surface area (Å²) in [5.74, 6) is -1.80. The number of methoxy groups -OCH3 is 1. The van der Waals surface area contributed by atoms with Crippen molar-refractivity contribution < 1.29 is 28.6 Å². The molecular weight excluding hydrogens is 523 g/mol. The third-order valence-corrected chi connectivity index (χ3v) is 8.53. The number of carbonyl (C=O) groups is 2. The van der Waals surface area contributed by atoms with Gasteiger partial charge in [0, 0.05) is 36.2 Å². The Kier molecular flexibility index (Phi) is 9.14. The molecule has 0 aromatic heterocycles. The molecule has 2 N–H and O–H groups in total. The van der Waals surface area contributed by atoms with E-state index in [1.807, 2.05) is 32.9 Å². The minimum absolute atomic E-state index is 0.0877. The van der Waals surface area contributed by atoms with Gasteiger partial charge in [-0.3, -0.25) is 4.79 Å². The highest BCUT2D eigenvalue weighted by molar-refractivity contribution is 5.88. The van der Waals surface area contributed by atoms with Gasteiger partial charge in [0.1, 0.15) is 23.7 Å². The number of carboxylic acids is 1. The molecule has 2 aromatic carbocycles. The summed E-state index contributed by atoms with van der Waals surface area (Å²) >= 11 is 0. The molecule has 2 saturated heterocycles. The van der Waals surface area contributed by atoms with Crippen molar-refractivity contribution in [3.63, 3.8) is 0 Å². The van der Waals surface area contributed by atoms with Crippen LogP contribution >= 0.6 is 0 Å². The predicted octanol–water partition coefficient (Wildman–Crippen LogP) is 5.86. The van der Waals surface area contributed by atoms with Gasteiger partial charge in [-0.2, -0.15) is 0 Å². The number of halogens is 1. The van der Waals surface area contributed by atoms with Gasteiger partial charge in [-0.25, -0.2) is 9.18 Å². The van der Waals surface area contributed by atoms with E-state index in [0.29, 0.717) is 30.9 Å². The van der Waals surface area contributed by atoms with Crippen molar-refractivity contribution in [3.8, 4) is 5.75 Å². The summed E-state index contributed by atoms with van der Waals surface area (Å²) in [6.07, 6.45) is 1.44. The van der Waals surface area contributed by atoms with Crippen LogP contribution in [0.3, 0.4) is 0 Å². The van der Waals surface area contributed by atoms with E-state index in [2.05, 4.69) is 32.2 Å². The Bertz CT molecular complexity index is 1240. The van der Waals surface area contributed by atoms with E-state index in [1.165, 1.54) is 11.0 Å². The van der Waals surface area contributed by atoms with Crippen molar-refractivity contribution in [1.29, 1.82) is 0 Å². The minimum Gasteiger partial charge on any atom is -0.496 e. The van der Waals surface area contributed by atoms with Gasteiger partial charge in [-0.1, -0.05) is 71.9 Å². The molecule has 2 heterocycles. The zero-order chi connectivity index (χ0) is 30.1. The van der Waals surface area contributed by atoms with Crippen LogP contribution in [0.2, 0.25) is 0 Å². The normalized spacial score (nSPS) is 25.3. The van der Waals surface area contributed by atoms with Gasteiger partial charge >= 0.3 is 5.97 Å². The van der Waals surface area contributed by atoms with Gasteiger partial charge in [0.2, 0.25) is 0 Å². The highest BCUT2D eigenvalue weighted by Gasteiger charge is 2.59. The molecule has 0 aliphatic carbocycles. The second-order valence-electron chi connectivity index (χ2n) is 13.4. The van der Waals surface area contributed by atoms with Gasteiger partial charge in [-0.15, -0.1) is 0 Å². The highest BCUT2D eigenvalue weighted by Crippen LogP contribution is 2.49. The Morgan fingerprint density at radius 3 is 2.37 bits per heavy atom. The maximum absolute atomic E-state index is 15.5. The number of amides is 1. The van der Waals surface area contributed by atoms with E-state index in [-0.39, 0.29) is 5.41 Å². The van der Waals surface area contributed by atoms with Gasteiger partial charge in [0.15, 0.2) is 0 Å². The summed E-state index contributed by atoms with van der Waals surface area (Å²) in [6, 6.07) is 9.85. The molecule has 224 valence electrons. The maximum Gasteiger partial charge on any atom is 0.326 e. The number of carboxylic acid groups (broad SMARTS) is 1. The fraction of sp³-hybridized carbons (Fsp3) is 0.576. The summed E-state index contributed by atoms with van der Waals surface area (Å²) in [5.41, 5.74) is 1.71. The fourth-order valence-electron chi connectivity index (χ4n) is 6.48. The zero-order valence-electron chi connectivity index (χ0n) is 25.4. The quantitative estimate of drug-likeness (QED) is 0.435. The third-order valence-electron chi connectivity index (χ3n) is 8.53. The van der Waals surface area contributed by atoms with Crippen molar-refractivity contribution in [2.45, 2.75) is 97.0 Å². The largest absolute Gasteiger partial charge is 0.496 e. The lowest BCUT2D eigenvalue weighted by molar-refractivity contribution is -0.159. The van der Waals surface area contributed by atoms with Crippen LogP contribution in [-0.4, -0.2) is 53.8 Å². The maximum atomic E-state index is 15.5. The number of rotatable bonds is 7. The van der Waals surface area contributed by atoms with Crippen molar-refractivity contribution in [3.05, 3.63) is 65.0 Å². The summed E-state index contributed by atoms with van der Waals surface area (Å²) in [6.45, 7) is 13.2. The number of hydrogen-bond donors (Lipinski definition) is 2. The van der Waals surface area contributed by atoms with E-state index in [1.54, 1.807) is 25.3 Å². The van der Waals surface area contributed by atoms with E-state index < -0.39 is 53.3 Å². The molecule has 2 aliphatic rings. The van der Waals surface area contributed by atoms with Crippen LogP contribution in [0.25, 0.3) is 0 Å². The lowest BCUT2D eigenvalue weighted by atomic mass is 9.72. The Morgan fingerprint density at radius 1 is 1.10 bits per heavy atom. The van der Waals surface area contributed by atoms with E-state index in [9.17, 15) is 14.7 Å². The number of aliphatic carboxylic acids is 1. The highest BCUT2D eigenvalue weighted by atomic mass is 19.1. The van der Waals surface area contributed by atoms with Crippen LogP contribution in [0.5, 0.6) is 5.75 Å². The lowest BCUT2D eigenvalue weighted by Gasteiger charge is -2.36. The average Bonchev–Trinajstić information content (AvgIpc) is 3.27. The lowest BCUT2D eigenvalue weighted by Crippen LogP contribution is -2.51. The first kappa shape index (κ1) is 31.0. The van der Waals surface area contributed by atoms with Gasteiger partial charge in [-0.05, 0) is 47.8 Å². The van der Waals surface area contributed by atoms with Crippen molar-refractivity contribution >= 4 is 11.9 Å². The van der Waals surface area contributed by atoms with Crippen molar-refractivity contribution in [2.24, 2.45) is 11.3 Å². The number of nitrogens with zero attached hydrogens (tertiary/aromatic N) is 1. The van der Waals surface area contributed by atoms with E-state index in [0.717, 1.165) is 24.0 Å². The Labute approximate surface area is 243 Å². The molecule has 0 bridgehead atoms. The molecule has 41 heavy (non-hydrogen) atoms. The van der Waals surface area contributed by atoms with Crippen molar-refractivity contribution in [1.82, 2.24) is 10.2 Å². The van der Waals surface area contributed by atoms with Crippen molar-refractivity contribution in [2.75, 3.05) is 13.7 Å². The van der Waals surface area contributed by atoms with Crippen LogP contribution in [0, 0.1) is 17.2 Å². The molecular formula is C33H45FN2O5. The molecule has 8 heteroatoms. The molecule has 5 atom stereocenters. The Morgan fingerprint density at radius 2 is 1.80 bits per heavy atom. The molecule has 0 spiro atoms. The molecule has 2 fully saturated rings. The second-order valence-corrected chi connectivity index (χ2v) is 13.4. The third kappa shape index (κ3) is 6.44. The summed E-state index contributed by atoms with van der Waals surface area (Å²) < 4.78 is 27.1.